The van der Waals surface area contributed by atoms with Crippen LogP contribution in [0.15, 0.2) is 77.7 Å². The number of anilines is 1. The number of non-ortho nitro benzene ring substituents is 1. The molecule has 1 atom stereocenters. The number of benzene rings is 3. The molecule has 10 heteroatoms. The second-order valence-electron chi connectivity index (χ2n) is 7.08. The number of carbonyl (C=O) groups is 1. The molecule has 0 saturated carbocycles. The summed E-state index contributed by atoms with van der Waals surface area (Å²) in [6.45, 7) is 1.75. The van der Waals surface area contributed by atoms with Gasteiger partial charge in [0, 0.05) is 30.4 Å². The second kappa shape index (κ2) is 9.15. The highest BCUT2D eigenvalue weighted by Crippen LogP contribution is 2.25. The van der Waals surface area contributed by atoms with Gasteiger partial charge in [0.15, 0.2) is 0 Å². The van der Waals surface area contributed by atoms with E-state index in [0.29, 0.717) is 11.1 Å². The summed E-state index contributed by atoms with van der Waals surface area (Å²) in [5, 5.41) is 11.0. The summed E-state index contributed by atoms with van der Waals surface area (Å²) < 4.78 is 40.2. The Labute approximate surface area is 184 Å². The number of nitrogens with one attached hydrogen (secondary N) is 1. The van der Waals surface area contributed by atoms with E-state index >= 15 is 0 Å². The van der Waals surface area contributed by atoms with E-state index in [1.54, 1.807) is 26.1 Å². The Morgan fingerprint density at radius 3 is 2.28 bits per heavy atom. The van der Waals surface area contributed by atoms with Gasteiger partial charge in [0.2, 0.25) is 0 Å². The number of hydrogen-bond donors (Lipinski definition) is 1. The highest BCUT2D eigenvalue weighted by atomic mass is 32.2. The summed E-state index contributed by atoms with van der Waals surface area (Å²) in [7, 11) is -2.33. The monoisotopic (exact) mass is 457 g/mol. The van der Waals surface area contributed by atoms with Crippen LogP contribution in [0.5, 0.6) is 0 Å². The van der Waals surface area contributed by atoms with Gasteiger partial charge in [0.05, 0.1) is 15.9 Å². The number of nitro groups is 1. The Hall–Kier alpha value is -3.79. The minimum atomic E-state index is -3.91. The predicted octanol–water partition coefficient (Wildman–Crippen LogP) is 4.37. The first kappa shape index (κ1) is 22.9. The summed E-state index contributed by atoms with van der Waals surface area (Å²) in [5.41, 5.74) is 1.10. The molecular weight excluding hydrogens is 437 g/mol. The van der Waals surface area contributed by atoms with E-state index in [-0.39, 0.29) is 22.2 Å². The van der Waals surface area contributed by atoms with Crippen molar-refractivity contribution in [1.82, 2.24) is 4.90 Å². The van der Waals surface area contributed by atoms with Gasteiger partial charge in [-0.05, 0) is 61.0 Å². The quantitative estimate of drug-likeness (QED) is 0.419. The smallest absolute Gasteiger partial charge is 0.269 e. The van der Waals surface area contributed by atoms with Crippen LogP contribution in [-0.4, -0.2) is 31.2 Å². The molecule has 0 aromatic heterocycles. The summed E-state index contributed by atoms with van der Waals surface area (Å²) in [5.74, 6) is -0.882. The van der Waals surface area contributed by atoms with E-state index in [2.05, 4.69) is 4.72 Å². The molecule has 0 spiro atoms. The average Bonchev–Trinajstić information content (AvgIpc) is 2.78. The molecule has 3 aromatic carbocycles. The van der Waals surface area contributed by atoms with Gasteiger partial charge in [-0.3, -0.25) is 19.6 Å². The van der Waals surface area contributed by atoms with Gasteiger partial charge in [-0.2, -0.15) is 0 Å². The molecule has 0 aliphatic rings. The zero-order valence-corrected chi connectivity index (χ0v) is 18.0. The van der Waals surface area contributed by atoms with Gasteiger partial charge in [-0.15, -0.1) is 0 Å². The first-order valence-electron chi connectivity index (χ1n) is 9.48. The Bertz CT molecular complexity index is 1250. The van der Waals surface area contributed by atoms with Crippen molar-refractivity contribution in [3.05, 3.63) is 99.9 Å². The normalized spacial score (nSPS) is 12.1. The molecular formula is C22H20FN3O5S. The minimum Gasteiger partial charge on any atom is -0.335 e. The van der Waals surface area contributed by atoms with Gasteiger partial charge >= 0.3 is 0 Å². The first-order valence-corrected chi connectivity index (χ1v) is 11.0. The van der Waals surface area contributed by atoms with Crippen molar-refractivity contribution >= 4 is 27.3 Å². The van der Waals surface area contributed by atoms with Crippen molar-refractivity contribution in [3.8, 4) is 0 Å². The third kappa shape index (κ3) is 5.09. The number of hydrogen-bond acceptors (Lipinski definition) is 5. The molecule has 1 unspecified atom stereocenters. The topological polar surface area (TPSA) is 110 Å². The Kier molecular flexibility index (Phi) is 6.54. The van der Waals surface area contributed by atoms with Crippen LogP contribution in [0, 0.1) is 15.9 Å². The van der Waals surface area contributed by atoms with Crippen LogP contribution in [0.1, 0.15) is 28.9 Å². The molecule has 1 amide bonds. The van der Waals surface area contributed by atoms with Crippen LogP contribution in [0.25, 0.3) is 0 Å². The Morgan fingerprint density at radius 1 is 1.06 bits per heavy atom. The number of amides is 1. The second-order valence-corrected chi connectivity index (χ2v) is 8.76. The Balaban J connectivity index is 1.73. The number of nitro benzene ring substituents is 1. The lowest BCUT2D eigenvalue weighted by Crippen LogP contribution is -2.29. The molecule has 0 aliphatic heterocycles. The van der Waals surface area contributed by atoms with Crippen LogP contribution in [0.2, 0.25) is 0 Å². The molecule has 0 aliphatic carbocycles. The van der Waals surface area contributed by atoms with Crippen LogP contribution in [0.3, 0.4) is 0 Å². The van der Waals surface area contributed by atoms with Crippen molar-refractivity contribution in [2.75, 3.05) is 11.8 Å². The van der Waals surface area contributed by atoms with E-state index in [0.717, 1.165) is 24.3 Å². The van der Waals surface area contributed by atoms with Crippen molar-refractivity contribution in [3.63, 3.8) is 0 Å². The molecule has 32 heavy (non-hydrogen) atoms. The highest BCUT2D eigenvalue weighted by Gasteiger charge is 2.21. The number of rotatable bonds is 7. The Morgan fingerprint density at radius 2 is 1.69 bits per heavy atom. The highest BCUT2D eigenvalue weighted by molar-refractivity contribution is 7.92. The number of nitrogens with zero attached hydrogens (tertiary/aromatic N) is 2. The van der Waals surface area contributed by atoms with Gasteiger partial charge in [0.1, 0.15) is 5.82 Å². The van der Waals surface area contributed by atoms with E-state index in [1.165, 1.54) is 41.3 Å². The molecule has 1 N–H and O–H groups in total. The van der Waals surface area contributed by atoms with Crippen molar-refractivity contribution in [2.24, 2.45) is 0 Å². The summed E-state index contributed by atoms with van der Waals surface area (Å²) >= 11 is 0. The van der Waals surface area contributed by atoms with E-state index in [4.69, 9.17) is 0 Å². The fraction of sp³-hybridized carbons (Fsp3) is 0.136. The molecule has 0 heterocycles. The maximum absolute atomic E-state index is 13.0. The zero-order chi connectivity index (χ0) is 23.5. The molecule has 0 bridgehead atoms. The van der Waals surface area contributed by atoms with Crippen LogP contribution < -0.4 is 4.72 Å². The zero-order valence-electron chi connectivity index (χ0n) is 17.2. The maximum Gasteiger partial charge on any atom is 0.269 e. The molecule has 0 radical (unpaired) electrons. The molecule has 8 nitrogen and oxygen atoms in total. The lowest BCUT2D eigenvalue weighted by atomic mass is 10.1. The average molecular weight is 457 g/mol. The van der Waals surface area contributed by atoms with E-state index < -0.39 is 26.8 Å². The van der Waals surface area contributed by atoms with Gasteiger partial charge in [-0.1, -0.05) is 12.1 Å². The minimum absolute atomic E-state index is 0.0620. The standard InChI is InChI=1S/C22H20FN3O5S/c1-15(17-4-3-5-20(14-17)26(28)29)25(2)22(27)16-6-10-19(11-7-16)24-32(30,31)21-12-8-18(23)9-13-21/h3-15,24H,1-2H3. The van der Waals surface area contributed by atoms with Crippen molar-refractivity contribution < 1.29 is 22.5 Å². The molecule has 0 saturated heterocycles. The third-order valence-electron chi connectivity index (χ3n) is 4.97. The molecule has 166 valence electrons. The van der Waals surface area contributed by atoms with Crippen LogP contribution in [-0.2, 0) is 10.0 Å². The first-order chi connectivity index (χ1) is 15.1. The lowest BCUT2D eigenvalue weighted by Gasteiger charge is -2.25. The van der Waals surface area contributed by atoms with Crippen LogP contribution in [0.4, 0.5) is 15.8 Å². The van der Waals surface area contributed by atoms with Crippen molar-refractivity contribution in [2.45, 2.75) is 17.9 Å². The van der Waals surface area contributed by atoms with Gasteiger partial charge < -0.3 is 4.90 Å². The lowest BCUT2D eigenvalue weighted by molar-refractivity contribution is -0.384. The SMILES string of the molecule is CC(c1cccc([N+](=O)[O-])c1)N(C)C(=O)c1ccc(NS(=O)(=O)c2ccc(F)cc2)cc1. The largest absolute Gasteiger partial charge is 0.335 e. The van der Waals surface area contributed by atoms with Crippen LogP contribution >= 0.6 is 0 Å². The summed E-state index contributed by atoms with van der Waals surface area (Å²) in [6.07, 6.45) is 0. The molecule has 3 aromatic rings. The fourth-order valence-electron chi connectivity index (χ4n) is 3.01. The molecule has 3 rings (SSSR count). The number of carbonyl (C=O) groups excluding carboxylic acids is 1. The number of sulfonamides is 1. The van der Waals surface area contributed by atoms with E-state index in [1.807, 2.05) is 0 Å². The number of halogens is 1. The fourth-order valence-corrected chi connectivity index (χ4v) is 4.07. The van der Waals surface area contributed by atoms with E-state index in [9.17, 15) is 27.7 Å². The molecule has 0 fully saturated rings. The summed E-state index contributed by atoms with van der Waals surface area (Å²) in [4.78, 5) is 24.7. The maximum atomic E-state index is 13.0. The van der Waals surface area contributed by atoms with Crippen molar-refractivity contribution in [1.29, 1.82) is 0 Å². The van der Waals surface area contributed by atoms with Gasteiger partial charge in [-0.25, -0.2) is 12.8 Å². The predicted molar refractivity (Wildman–Crippen MR) is 117 cm³/mol. The third-order valence-corrected chi connectivity index (χ3v) is 6.37. The summed E-state index contributed by atoms with van der Waals surface area (Å²) in [6, 6.07) is 15.9. The van der Waals surface area contributed by atoms with Gasteiger partial charge in [0.25, 0.3) is 21.6 Å².